The molecule has 0 bridgehead atoms. The van der Waals surface area contributed by atoms with Gasteiger partial charge in [-0.3, -0.25) is 0 Å². The highest BCUT2D eigenvalue weighted by atomic mass is 16.5. The largest absolute Gasteiger partial charge is 0.497 e. The van der Waals surface area contributed by atoms with Crippen molar-refractivity contribution in [2.75, 3.05) is 13.7 Å². The molecule has 5 heteroatoms. The predicted octanol–water partition coefficient (Wildman–Crippen LogP) is 3.86. The molecular weight excluding hydrogens is 266 g/mol. The van der Waals surface area contributed by atoms with Crippen molar-refractivity contribution in [1.82, 2.24) is 0 Å². The number of fused-ring (bicyclic) bond motifs is 1. The van der Waals surface area contributed by atoms with Gasteiger partial charge in [-0.15, -0.1) is 0 Å². The molecule has 21 heavy (non-hydrogen) atoms. The van der Waals surface area contributed by atoms with Crippen LogP contribution in [0.4, 0.5) is 0 Å². The molecule has 1 saturated carbocycles. The van der Waals surface area contributed by atoms with Crippen molar-refractivity contribution in [2.24, 2.45) is 17.0 Å². The molecule has 0 spiro atoms. The molecule has 0 amide bonds. The van der Waals surface area contributed by atoms with E-state index >= 15 is 0 Å². The molecule has 0 heterocycles. The van der Waals surface area contributed by atoms with Gasteiger partial charge in [-0.05, 0) is 53.5 Å². The van der Waals surface area contributed by atoms with E-state index in [2.05, 4.69) is 16.1 Å². The first-order valence-corrected chi connectivity index (χ1v) is 7.24. The minimum absolute atomic E-state index is 0.129. The van der Waals surface area contributed by atoms with Gasteiger partial charge in [0.25, 0.3) is 0 Å². The van der Waals surface area contributed by atoms with Crippen LogP contribution in [0, 0.1) is 11.8 Å². The number of hydrogen-bond acceptors (Lipinski definition) is 3. The van der Waals surface area contributed by atoms with Crippen LogP contribution >= 0.6 is 0 Å². The van der Waals surface area contributed by atoms with Gasteiger partial charge < -0.3 is 9.47 Å². The summed E-state index contributed by atoms with van der Waals surface area (Å²) in [6.45, 7) is 1.20. The molecule has 5 nitrogen and oxygen atoms in total. The summed E-state index contributed by atoms with van der Waals surface area (Å²) in [7, 11) is 1.66. The first kappa shape index (κ1) is 14.0. The van der Waals surface area contributed by atoms with Crippen molar-refractivity contribution in [1.29, 1.82) is 0 Å². The average Bonchev–Trinajstić information content (AvgIpc) is 3.28. The van der Waals surface area contributed by atoms with Crippen molar-refractivity contribution < 1.29 is 9.47 Å². The summed E-state index contributed by atoms with van der Waals surface area (Å²) in [6, 6.07) is 8.02. The summed E-state index contributed by atoms with van der Waals surface area (Å²) in [5.41, 5.74) is 11.0. The average molecular weight is 285 g/mol. The summed E-state index contributed by atoms with van der Waals surface area (Å²) < 4.78 is 10.9. The van der Waals surface area contributed by atoms with Gasteiger partial charge in [0.2, 0.25) is 0 Å². The van der Waals surface area contributed by atoms with Crippen LogP contribution in [-0.4, -0.2) is 19.8 Å². The van der Waals surface area contributed by atoms with Crippen LogP contribution in [-0.2, 0) is 11.3 Å². The number of benzene rings is 1. The third-order valence-corrected chi connectivity index (χ3v) is 4.22. The maximum absolute atomic E-state index is 8.61. The van der Waals surface area contributed by atoms with Crippen LogP contribution in [0.3, 0.4) is 0 Å². The zero-order valence-corrected chi connectivity index (χ0v) is 12.1. The Kier molecular flexibility index (Phi) is 4.13. The molecule has 110 valence electrons. The number of hydrogen-bond donors (Lipinski definition) is 0. The lowest BCUT2D eigenvalue weighted by Gasteiger charge is -2.18. The van der Waals surface area contributed by atoms with Crippen LogP contribution in [0.1, 0.15) is 18.4 Å². The molecule has 3 atom stereocenters. The van der Waals surface area contributed by atoms with Gasteiger partial charge in [0.05, 0.1) is 20.3 Å². The molecule has 0 N–H and O–H groups in total. The van der Waals surface area contributed by atoms with Crippen molar-refractivity contribution in [3.05, 3.63) is 51.9 Å². The Morgan fingerprint density at radius 3 is 2.81 bits per heavy atom. The number of methoxy groups -OCH3 is 1. The standard InChI is InChI=1S/C16H19N3O2/c1-20-14-4-2-11(3-5-14)9-21-10-12-6-13-8-15(13)16(7-12)18-19-17/h2-6,13,15-16H,7-10H2,1H3/t13-,15+,16+/m1/s1. The third kappa shape index (κ3) is 3.38. The predicted molar refractivity (Wildman–Crippen MR) is 79.9 cm³/mol. The fourth-order valence-corrected chi connectivity index (χ4v) is 2.98. The Labute approximate surface area is 124 Å². The van der Waals surface area contributed by atoms with Gasteiger partial charge in [0, 0.05) is 11.0 Å². The number of azide groups is 1. The Hall–Kier alpha value is -1.97. The zero-order valence-electron chi connectivity index (χ0n) is 12.1. The smallest absolute Gasteiger partial charge is 0.118 e. The van der Waals surface area contributed by atoms with E-state index in [1.807, 2.05) is 24.3 Å². The molecular formula is C16H19N3O2. The highest BCUT2D eigenvalue weighted by molar-refractivity contribution is 5.27. The Bertz CT molecular complexity index is 576. The van der Waals surface area contributed by atoms with Crippen LogP contribution < -0.4 is 4.74 Å². The van der Waals surface area contributed by atoms with Crippen LogP contribution in [0.2, 0.25) is 0 Å². The molecule has 0 radical (unpaired) electrons. The molecule has 1 aromatic carbocycles. The Morgan fingerprint density at radius 1 is 1.29 bits per heavy atom. The molecule has 0 aromatic heterocycles. The maximum atomic E-state index is 8.61. The number of allylic oxidation sites excluding steroid dienone is 1. The molecule has 2 aliphatic rings. The molecule has 1 aromatic rings. The first-order valence-electron chi connectivity index (χ1n) is 7.24. The van der Waals surface area contributed by atoms with E-state index in [4.69, 9.17) is 15.0 Å². The molecule has 0 saturated heterocycles. The van der Waals surface area contributed by atoms with E-state index in [1.54, 1.807) is 7.11 Å². The van der Waals surface area contributed by atoms with Gasteiger partial charge >= 0.3 is 0 Å². The fourth-order valence-electron chi connectivity index (χ4n) is 2.98. The Balaban J connectivity index is 1.50. The maximum Gasteiger partial charge on any atom is 0.118 e. The lowest BCUT2D eigenvalue weighted by atomic mass is 9.96. The Morgan fingerprint density at radius 2 is 2.10 bits per heavy atom. The van der Waals surface area contributed by atoms with E-state index in [9.17, 15) is 0 Å². The quantitative estimate of drug-likeness (QED) is 0.345. The monoisotopic (exact) mass is 285 g/mol. The van der Waals surface area contributed by atoms with E-state index in [1.165, 1.54) is 5.57 Å². The minimum atomic E-state index is 0.129. The van der Waals surface area contributed by atoms with Gasteiger partial charge in [-0.1, -0.05) is 23.3 Å². The van der Waals surface area contributed by atoms with Crippen molar-refractivity contribution in [2.45, 2.75) is 25.5 Å². The van der Waals surface area contributed by atoms with E-state index < -0.39 is 0 Å². The zero-order chi connectivity index (χ0) is 14.7. The number of ether oxygens (including phenoxy) is 2. The second-order valence-electron chi connectivity index (χ2n) is 5.71. The minimum Gasteiger partial charge on any atom is -0.497 e. The van der Waals surface area contributed by atoms with Gasteiger partial charge in [-0.25, -0.2) is 0 Å². The van der Waals surface area contributed by atoms with Gasteiger partial charge in [0.1, 0.15) is 5.75 Å². The van der Waals surface area contributed by atoms with E-state index in [0.717, 1.165) is 24.2 Å². The summed E-state index contributed by atoms with van der Waals surface area (Å²) in [5, 5.41) is 3.91. The summed E-state index contributed by atoms with van der Waals surface area (Å²) in [5.74, 6) is 2.03. The molecule has 3 rings (SSSR count). The molecule has 2 aliphatic carbocycles. The summed E-state index contributed by atoms with van der Waals surface area (Å²) in [4.78, 5) is 2.96. The lowest BCUT2D eigenvalue weighted by Crippen LogP contribution is -2.15. The van der Waals surface area contributed by atoms with Gasteiger partial charge in [-0.2, -0.15) is 0 Å². The SMILES string of the molecule is COc1ccc(COCC2=C[C@@H]3C[C@@H]3[C@@H](N=[N+]=[N-])C2)cc1. The molecule has 0 unspecified atom stereocenters. The highest BCUT2D eigenvalue weighted by Crippen LogP contribution is 2.49. The van der Waals surface area contributed by atoms with Crippen LogP contribution in [0.15, 0.2) is 41.0 Å². The topological polar surface area (TPSA) is 67.2 Å². The lowest BCUT2D eigenvalue weighted by molar-refractivity contribution is 0.138. The summed E-state index contributed by atoms with van der Waals surface area (Å²) in [6.07, 6.45) is 4.31. The second kappa shape index (κ2) is 6.20. The molecule has 1 fully saturated rings. The number of nitrogens with zero attached hydrogens (tertiary/aromatic N) is 3. The van der Waals surface area contributed by atoms with Crippen molar-refractivity contribution >= 4 is 0 Å². The highest BCUT2D eigenvalue weighted by Gasteiger charge is 2.44. The fraction of sp³-hybridized carbons (Fsp3) is 0.500. The van der Waals surface area contributed by atoms with Crippen molar-refractivity contribution in [3.8, 4) is 5.75 Å². The third-order valence-electron chi connectivity index (χ3n) is 4.22. The van der Waals surface area contributed by atoms with Gasteiger partial charge in [0.15, 0.2) is 0 Å². The second-order valence-corrected chi connectivity index (χ2v) is 5.71. The molecule has 0 aliphatic heterocycles. The number of rotatable bonds is 6. The van der Waals surface area contributed by atoms with Crippen molar-refractivity contribution in [3.63, 3.8) is 0 Å². The van der Waals surface area contributed by atoms with E-state index in [0.29, 0.717) is 25.0 Å². The summed E-state index contributed by atoms with van der Waals surface area (Å²) >= 11 is 0. The van der Waals surface area contributed by atoms with Crippen LogP contribution in [0.5, 0.6) is 5.75 Å². The van der Waals surface area contributed by atoms with E-state index in [-0.39, 0.29) is 6.04 Å². The normalized spacial score (nSPS) is 26.3. The first-order chi connectivity index (χ1) is 10.3. The van der Waals surface area contributed by atoms with Crippen LogP contribution in [0.25, 0.3) is 10.4 Å².